The molecule has 1 aromatic carbocycles. The summed E-state index contributed by atoms with van der Waals surface area (Å²) in [5.74, 6) is 1.73. The summed E-state index contributed by atoms with van der Waals surface area (Å²) in [5.41, 5.74) is 9.91. The van der Waals surface area contributed by atoms with Crippen molar-refractivity contribution in [3.8, 4) is 0 Å². The molecule has 1 aromatic heterocycles. The molecule has 2 N–H and O–H groups in total. The number of benzene rings is 1. The van der Waals surface area contributed by atoms with E-state index in [1.165, 1.54) is 56.0 Å². The van der Waals surface area contributed by atoms with Crippen LogP contribution in [0.2, 0.25) is 0 Å². The van der Waals surface area contributed by atoms with Gasteiger partial charge in [0, 0.05) is 24.7 Å². The quantitative estimate of drug-likeness (QED) is 0.844. The van der Waals surface area contributed by atoms with Crippen molar-refractivity contribution in [2.75, 3.05) is 23.7 Å². The zero-order chi connectivity index (χ0) is 16.3. The molecule has 0 radical (unpaired) electrons. The minimum atomic E-state index is 0.276. The maximum atomic E-state index is 6.39. The van der Waals surface area contributed by atoms with E-state index >= 15 is 0 Å². The molecular weight excluding hydrogens is 296 g/mol. The van der Waals surface area contributed by atoms with E-state index in [9.17, 15) is 0 Å². The maximum Gasteiger partial charge on any atom is 0.0946 e. The molecule has 6 rings (SSSR count). The molecular formula is C20H28N4. The zero-order valence-corrected chi connectivity index (χ0v) is 14.7. The van der Waals surface area contributed by atoms with Crippen molar-refractivity contribution in [2.45, 2.75) is 57.4 Å². The van der Waals surface area contributed by atoms with Gasteiger partial charge in [0.2, 0.25) is 0 Å². The van der Waals surface area contributed by atoms with E-state index in [0.717, 1.165) is 36.1 Å². The Morgan fingerprint density at radius 3 is 2.54 bits per heavy atom. The van der Waals surface area contributed by atoms with E-state index in [2.05, 4.69) is 28.8 Å². The summed E-state index contributed by atoms with van der Waals surface area (Å²) >= 11 is 0. The van der Waals surface area contributed by atoms with Crippen LogP contribution in [-0.2, 0) is 5.54 Å². The summed E-state index contributed by atoms with van der Waals surface area (Å²) in [4.78, 5) is 2.48. The lowest BCUT2D eigenvalue weighted by atomic mass is 9.66. The SMILES string of the molecule is C[C@H]1CCN(c2c(N)ccc3nn(C45CCC(CC4)CC5)cc23)C1. The van der Waals surface area contributed by atoms with E-state index in [-0.39, 0.29) is 5.54 Å². The number of nitrogens with two attached hydrogens (primary N) is 1. The smallest absolute Gasteiger partial charge is 0.0946 e. The molecule has 128 valence electrons. The molecule has 1 aliphatic heterocycles. The first kappa shape index (κ1) is 14.6. The second-order valence-electron chi connectivity index (χ2n) is 8.56. The average Bonchev–Trinajstić information content (AvgIpc) is 3.23. The Hall–Kier alpha value is -1.71. The van der Waals surface area contributed by atoms with Crippen LogP contribution in [0.25, 0.3) is 10.9 Å². The summed E-state index contributed by atoms with van der Waals surface area (Å²) in [7, 11) is 0. The van der Waals surface area contributed by atoms with Crippen molar-refractivity contribution in [1.29, 1.82) is 0 Å². The van der Waals surface area contributed by atoms with Crippen LogP contribution in [-0.4, -0.2) is 22.9 Å². The fourth-order valence-corrected chi connectivity index (χ4v) is 5.40. The van der Waals surface area contributed by atoms with Gasteiger partial charge in [-0.25, -0.2) is 0 Å². The third kappa shape index (κ3) is 2.08. The Morgan fingerprint density at radius 2 is 1.88 bits per heavy atom. The zero-order valence-electron chi connectivity index (χ0n) is 14.7. The molecule has 2 heterocycles. The molecule has 1 saturated heterocycles. The van der Waals surface area contributed by atoms with E-state index in [0.29, 0.717) is 0 Å². The third-order valence-corrected chi connectivity index (χ3v) is 6.97. The van der Waals surface area contributed by atoms with E-state index in [1.807, 2.05) is 6.07 Å². The second kappa shape index (κ2) is 5.14. The lowest BCUT2D eigenvalue weighted by molar-refractivity contribution is 0.0637. The molecule has 1 atom stereocenters. The van der Waals surface area contributed by atoms with Crippen LogP contribution in [0.15, 0.2) is 18.3 Å². The van der Waals surface area contributed by atoms with Gasteiger partial charge in [-0.15, -0.1) is 0 Å². The number of fused-ring (bicyclic) bond motifs is 4. The van der Waals surface area contributed by atoms with Gasteiger partial charge in [-0.3, -0.25) is 4.68 Å². The molecule has 0 unspecified atom stereocenters. The molecule has 4 heteroatoms. The van der Waals surface area contributed by atoms with E-state index < -0.39 is 0 Å². The topological polar surface area (TPSA) is 47.1 Å². The first-order valence-corrected chi connectivity index (χ1v) is 9.68. The number of hydrogen-bond acceptors (Lipinski definition) is 3. The fraction of sp³-hybridized carbons (Fsp3) is 0.650. The van der Waals surface area contributed by atoms with Gasteiger partial charge in [-0.05, 0) is 68.9 Å². The highest BCUT2D eigenvalue weighted by molar-refractivity contribution is 5.98. The van der Waals surface area contributed by atoms with Crippen LogP contribution in [0.3, 0.4) is 0 Å². The van der Waals surface area contributed by atoms with E-state index in [1.54, 1.807) is 0 Å². The molecule has 0 spiro atoms. The number of rotatable bonds is 2. The average molecular weight is 324 g/mol. The Balaban J connectivity index is 1.61. The van der Waals surface area contributed by atoms with Gasteiger partial charge in [0.05, 0.1) is 22.4 Å². The summed E-state index contributed by atoms with van der Waals surface area (Å²) < 4.78 is 2.33. The Kier molecular flexibility index (Phi) is 3.13. The van der Waals surface area contributed by atoms with Gasteiger partial charge in [0.25, 0.3) is 0 Å². The Morgan fingerprint density at radius 1 is 1.12 bits per heavy atom. The Bertz CT molecular complexity index is 756. The first-order chi connectivity index (χ1) is 11.6. The number of aromatic nitrogens is 2. The summed E-state index contributed by atoms with van der Waals surface area (Å²) in [6.45, 7) is 4.56. The molecule has 4 aliphatic rings. The van der Waals surface area contributed by atoms with Crippen molar-refractivity contribution in [1.82, 2.24) is 9.78 Å². The molecule has 24 heavy (non-hydrogen) atoms. The molecule has 3 aliphatic carbocycles. The van der Waals surface area contributed by atoms with Crippen molar-refractivity contribution < 1.29 is 0 Å². The third-order valence-electron chi connectivity index (χ3n) is 6.97. The minimum absolute atomic E-state index is 0.276. The molecule has 4 fully saturated rings. The van der Waals surface area contributed by atoms with Gasteiger partial charge in [0.15, 0.2) is 0 Å². The van der Waals surface area contributed by atoms with Gasteiger partial charge in [-0.1, -0.05) is 6.92 Å². The number of anilines is 2. The number of nitrogen functional groups attached to an aromatic ring is 1. The molecule has 3 saturated carbocycles. The molecule has 0 amide bonds. The second-order valence-corrected chi connectivity index (χ2v) is 8.56. The van der Waals surface area contributed by atoms with Gasteiger partial charge in [-0.2, -0.15) is 5.10 Å². The lowest BCUT2D eigenvalue weighted by Crippen LogP contribution is -2.42. The van der Waals surface area contributed by atoms with Crippen LogP contribution in [0.5, 0.6) is 0 Å². The van der Waals surface area contributed by atoms with Crippen LogP contribution in [0.4, 0.5) is 11.4 Å². The molecule has 2 bridgehead atoms. The summed E-state index contributed by atoms with van der Waals surface area (Å²) in [6, 6.07) is 4.16. The minimum Gasteiger partial charge on any atom is -0.397 e. The predicted molar refractivity (Wildman–Crippen MR) is 99.3 cm³/mol. The standard InChI is InChI=1S/C20H28N4/c1-14-7-11-23(12-14)19-16-13-24(22-18(16)3-2-17(19)21)20-8-4-15(5-9-20)6-10-20/h2-3,13-15H,4-12,21H2,1H3/t14-,15?,20?/m0/s1. The van der Waals surface area contributed by atoms with Gasteiger partial charge in [0.1, 0.15) is 0 Å². The van der Waals surface area contributed by atoms with E-state index in [4.69, 9.17) is 10.8 Å². The Labute approximate surface area is 144 Å². The first-order valence-electron chi connectivity index (χ1n) is 9.68. The molecule has 2 aromatic rings. The van der Waals surface area contributed by atoms with Crippen molar-refractivity contribution in [3.63, 3.8) is 0 Å². The monoisotopic (exact) mass is 324 g/mol. The normalized spacial score (nSPS) is 32.8. The fourth-order valence-electron chi connectivity index (χ4n) is 5.40. The lowest BCUT2D eigenvalue weighted by Gasteiger charge is -2.46. The maximum absolute atomic E-state index is 6.39. The highest BCUT2D eigenvalue weighted by Gasteiger charge is 2.42. The van der Waals surface area contributed by atoms with Crippen LogP contribution in [0.1, 0.15) is 51.9 Å². The highest BCUT2D eigenvalue weighted by atomic mass is 15.3. The number of nitrogens with zero attached hydrogens (tertiary/aromatic N) is 3. The molecule has 4 nitrogen and oxygen atoms in total. The predicted octanol–water partition coefficient (Wildman–Crippen LogP) is 4.14. The largest absolute Gasteiger partial charge is 0.397 e. The number of hydrogen-bond donors (Lipinski definition) is 1. The summed E-state index contributed by atoms with van der Waals surface area (Å²) in [5, 5.41) is 6.29. The highest BCUT2D eigenvalue weighted by Crippen LogP contribution is 2.49. The summed E-state index contributed by atoms with van der Waals surface area (Å²) in [6.07, 6.45) is 11.6. The van der Waals surface area contributed by atoms with Crippen LogP contribution in [0, 0.1) is 11.8 Å². The van der Waals surface area contributed by atoms with Crippen molar-refractivity contribution in [3.05, 3.63) is 18.3 Å². The van der Waals surface area contributed by atoms with Gasteiger partial charge >= 0.3 is 0 Å². The van der Waals surface area contributed by atoms with Crippen molar-refractivity contribution >= 4 is 22.3 Å². The van der Waals surface area contributed by atoms with Crippen molar-refractivity contribution in [2.24, 2.45) is 11.8 Å². The van der Waals surface area contributed by atoms with Gasteiger partial charge < -0.3 is 10.6 Å². The van der Waals surface area contributed by atoms with Crippen LogP contribution < -0.4 is 10.6 Å². The van der Waals surface area contributed by atoms with Crippen LogP contribution >= 0.6 is 0 Å².